The van der Waals surface area contributed by atoms with Crippen LogP contribution in [0.4, 0.5) is 0 Å². The second-order valence-corrected chi connectivity index (χ2v) is 4.65. The van der Waals surface area contributed by atoms with Crippen molar-refractivity contribution in [3.05, 3.63) is 0 Å². The molecule has 0 aromatic carbocycles. The number of carbonyl (C=O) groups excluding carboxylic acids is 1. The van der Waals surface area contributed by atoms with Crippen molar-refractivity contribution in [3.8, 4) is 0 Å². The molecule has 2 fully saturated rings. The van der Waals surface area contributed by atoms with Crippen LogP contribution in [-0.2, 0) is 4.79 Å². The van der Waals surface area contributed by atoms with Crippen molar-refractivity contribution >= 4 is 5.78 Å². The molecule has 0 spiro atoms. The molecule has 0 aliphatic carbocycles. The highest BCUT2D eigenvalue weighted by Crippen LogP contribution is 2.15. The molecule has 0 bridgehead atoms. The summed E-state index contributed by atoms with van der Waals surface area (Å²) in [6.07, 6.45) is 4.23. The molecule has 0 aromatic heterocycles. The van der Waals surface area contributed by atoms with Crippen molar-refractivity contribution in [2.24, 2.45) is 0 Å². The van der Waals surface area contributed by atoms with E-state index < -0.39 is 0 Å². The summed E-state index contributed by atoms with van der Waals surface area (Å²) in [5, 5.41) is 15.9. The molecular formula is C11H20N2O2. The molecular weight excluding hydrogens is 192 g/mol. The summed E-state index contributed by atoms with van der Waals surface area (Å²) in [7, 11) is 0. The second kappa shape index (κ2) is 5.05. The fourth-order valence-corrected chi connectivity index (χ4v) is 2.43. The Morgan fingerprint density at radius 3 is 2.87 bits per heavy atom. The van der Waals surface area contributed by atoms with Gasteiger partial charge < -0.3 is 15.7 Å². The molecule has 0 amide bonds. The van der Waals surface area contributed by atoms with Crippen molar-refractivity contribution in [3.63, 3.8) is 0 Å². The Balaban J connectivity index is 1.78. The standard InChI is InChI=1S/C11H20N2O2/c14-9-4-3-8(13-7-9)6-10-11(15)2-1-5-12-10/h8-10,12-14H,1-7H2. The molecule has 3 atom stereocenters. The van der Waals surface area contributed by atoms with E-state index in [0.717, 1.165) is 38.6 Å². The minimum atomic E-state index is -0.198. The van der Waals surface area contributed by atoms with Crippen LogP contribution in [0.1, 0.15) is 32.1 Å². The number of nitrogens with one attached hydrogen (secondary N) is 2. The van der Waals surface area contributed by atoms with Crippen LogP contribution in [0.15, 0.2) is 0 Å². The maximum atomic E-state index is 11.6. The maximum absolute atomic E-state index is 11.6. The third-order valence-electron chi connectivity index (χ3n) is 3.39. The predicted molar refractivity (Wildman–Crippen MR) is 57.7 cm³/mol. The Morgan fingerprint density at radius 2 is 2.20 bits per heavy atom. The van der Waals surface area contributed by atoms with Gasteiger partial charge in [0.2, 0.25) is 0 Å². The highest BCUT2D eigenvalue weighted by molar-refractivity contribution is 5.84. The van der Waals surface area contributed by atoms with Crippen LogP contribution in [0, 0.1) is 0 Å². The molecule has 4 nitrogen and oxygen atoms in total. The molecule has 2 aliphatic heterocycles. The zero-order chi connectivity index (χ0) is 10.7. The van der Waals surface area contributed by atoms with Gasteiger partial charge in [-0.3, -0.25) is 4.79 Å². The Labute approximate surface area is 90.4 Å². The average Bonchev–Trinajstić information content (AvgIpc) is 2.25. The van der Waals surface area contributed by atoms with Crippen LogP contribution < -0.4 is 10.6 Å². The van der Waals surface area contributed by atoms with E-state index in [4.69, 9.17) is 0 Å². The highest BCUT2D eigenvalue weighted by atomic mass is 16.3. The SMILES string of the molecule is O=C1CCCNC1CC1CCC(O)CN1. The van der Waals surface area contributed by atoms with Gasteiger partial charge >= 0.3 is 0 Å². The summed E-state index contributed by atoms with van der Waals surface area (Å²) in [5.74, 6) is 0.356. The largest absolute Gasteiger partial charge is 0.392 e. The van der Waals surface area contributed by atoms with Gasteiger partial charge in [0.1, 0.15) is 5.78 Å². The third kappa shape index (κ3) is 3.00. The topological polar surface area (TPSA) is 61.4 Å². The molecule has 0 saturated carbocycles. The number of rotatable bonds is 2. The summed E-state index contributed by atoms with van der Waals surface area (Å²) in [6, 6.07) is 0.444. The first kappa shape index (κ1) is 11.0. The van der Waals surface area contributed by atoms with Crippen LogP contribution in [0.2, 0.25) is 0 Å². The Bertz CT molecular complexity index is 225. The van der Waals surface area contributed by atoms with Crippen molar-refractivity contribution in [1.82, 2.24) is 10.6 Å². The van der Waals surface area contributed by atoms with Crippen LogP contribution in [-0.4, -0.2) is 42.2 Å². The van der Waals surface area contributed by atoms with Crippen molar-refractivity contribution in [2.75, 3.05) is 13.1 Å². The second-order valence-electron chi connectivity index (χ2n) is 4.65. The number of Topliss-reactive ketones (excluding diaryl/α,β-unsaturated/α-hetero) is 1. The van der Waals surface area contributed by atoms with E-state index in [-0.39, 0.29) is 12.1 Å². The predicted octanol–water partition coefficient (Wildman–Crippen LogP) is -0.189. The molecule has 86 valence electrons. The summed E-state index contributed by atoms with van der Waals surface area (Å²) in [4.78, 5) is 11.6. The lowest BCUT2D eigenvalue weighted by molar-refractivity contribution is -0.122. The lowest BCUT2D eigenvalue weighted by atomic mass is 9.92. The average molecular weight is 212 g/mol. The van der Waals surface area contributed by atoms with Crippen molar-refractivity contribution in [2.45, 2.75) is 50.3 Å². The van der Waals surface area contributed by atoms with Gasteiger partial charge in [-0.1, -0.05) is 0 Å². The van der Waals surface area contributed by atoms with Gasteiger partial charge in [0.25, 0.3) is 0 Å². The number of β-amino-alcohol motifs (C(OH)–C–C–N with tert-alkyl or cyclic N) is 1. The van der Waals surface area contributed by atoms with E-state index in [9.17, 15) is 9.90 Å². The molecule has 2 heterocycles. The summed E-state index contributed by atoms with van der Waals surface area (Å²) >= 11 is 0. The number of ketones is 1. The van der Waals surface area contributed by atoms with Crippen molar-refractivity contribution in [1.29, 1.82) is 0 Å². The Hall–Kier alpha value is -0.450. The van der Waals surface area contributed by atoms with E-state index >= 15 is 0 Å². The first-order valence-electron chi connectivity index (χ1n) is 5.93. The van der Waals surface area contributed by atoms with E-state index in [2.05, 4.69) is 10.6 Å². The Kier molecular flexibility index (Phi) is 3.72. The van der Waals surface area contributed by atoms with Crippen LogP contribution in [0.3, 0.4) is 0 Å². The van der Waals surface area contributed by atoms with Gasteiger partial charge in [0.15, 0.2) is 0 Å². The number of piperidine rings is 2. The molecule has 4 heteroatoms. The highest BCUT2D eigenvalue weighted by Gasteiger charge is 2.27. The minimum absolute atomic E-state index is 0.0477. The summed E-state index contributed by atoms with van der Waals surface area (Å²) in [5.41, 5.74) is 0. The van der Waals surface area contributed by atoms with Gasteiger partial charge in [0.05, 0.1) is 12.1 Å². The molecule has 0 aromatic rings. The van der Waals surface area contributed by atoms with Gasteiger partial charge in [0, 0.05) is 19.0 Å². The van der Waals surface area contributed by atoms with E-state index in [1.54, 1.807) is 0 Å². The monoisotopic (exact) mass is 212 g/mol. The summed E-state index contributed by atoms with van der Waals surface area (Å²) in [6.45, 7) is 1.64. The third-order valence-corrected chi connectivity index (χ3v) is 3.39. The summed E-state index contributed by atoms with van der Waals surface area (Å²) < 4.78 is 0. The molecule has 15 heavy (non-hydrogen) atoms. The van der Waals surface area contributed by atoms with Crippen LogP contribution in [0.25, 0.3) is 0 Å². The van der Waals surface area contributed by atoms with Gasteiger partial charge in [-0.25, -0.2) is 0 Å². The zero-order valence-electron chi connectivity index (χ0n) is 9.04. The van der Waals surface area contributed by atoms with Gasteiger partial charge in [-0.05, 0) is 32.2 Å². The fourth-order valence-electron chi connectivity index (χ4n) is 2.43. The number of aliphatic hydroxyl groups is 1. The normalized spacial score (nSPS) is 37.9. The van der Waals surface area contributed by atoms with Crippen LogP contribution in [0.5, 0.6) is 0 Å². The number of hydrogen-bond donors (Lipinski definition) is 3. The van der Waals surface area contributed by atoms with Gasteiger partial charge in [-0.2, -0.15) is 0 Å². The quantitative estimate of drug-likeness (QED) is 0.594. The molecule has 0 radical (unpaired) electrons. The number of aliphatic hydroxyl groups excluding tert-OH is 1. The van der Waals surface area contributed by atoms with Crippen molar-refractivity contribution < 1.29 is 9.90 Å². The Morgan fingerprint density at radius 1 is 1.33 bits per heavy atom. The fraction of sp³-hybridized carbons (Fsp3) is 0.909. The molecule has 3 N–H and O–H groups in total. The number of hydrogen-bond acceptors (Lipinski definition) is 4. The van der Waals surface area contributed by atoms with Crippen LogP contribution >= 0.6 is 0 Å². The molecule has 2 saturated heterocycles. The molecule has 2 aliphatic rings. The van der Waals surface area contributed by atoms with E-state index in [1.165, 1.54) is 0 Å². The lowest BCUT2D eigenvalue weighted by Gasteiger charge is -2.31. The van der Waals surface area contributed by atoms with Gasteiger partial charge in [-0.15, -0.1) is 0 Å². The first-order valence-corrected chi connectivity index (χ1v) is 5.93. The van der Waals surface area contributed by atoms with E-state index in [1.807, 2.05) is 0 Å². The number of carbonyl (C=O) groups is 1. The molecule has 2 rings (SSSR count). The maximum Gasteiger partial charge on any atom is 0.149 e. The van der Waals surface area contributed by atoms with E-state index in [0.29, 0.717) is 18.4 Å². The smallest absolute Gasteiger partial charge is 0.149 e. The molecule has 3 unspecified atom stereocenters. The zero-order valence-corrected chi connectivity index (χ0v) is 9.04. The first-order chi connectivity index (χ1) is 7.25. The minimum Gasteiger partial charge on any atom is -0.392 e. The lowest BCUT2D eigenvalue weighted by Crippen LogP contribution is -2.49.